The van der Waals surface area contributed by atoms with E-state index in [-0.39, 0.29) is 24.0 Å². The topological polar surface area (TPSA) is 58.6 Å². The first-order valence-corrected chi connectivity index (χ1v) is 10.2. The van der Waals surface area contributed by atoms with E-state index in [2.05, 4.69) is 29.0 Å². The predicted octanol–water partition coefficient (Wildman–Crippen LogP) is 3.21. The maximum absolute atomic E-state index is 5.47. The average Bonchev–Trinajstić information content (AvgIpc) is 2.73. The molecule has 166 valence electrons. The number of rotatable bonds is 9. The lowest BCUT2D eigenvalue weighted by molar-refractivity contribution is 0.172. The predicted molar refractivity (Wildman–Crippen MR) is 129 cm³/mol. The number of ether oxygens (including phenoxy) is 3. The standard InChI is InChI=1S/C21H36N4O3.HI/c1-6-8-9-23-21(22-7-2)25-12-10-24(11-13-25)16-17-14-18(26-3)20(28-5)19(15-17)27-4;/h14-15H,6-13,16H2,1-5H3,(H,22,23);1H. The van der Waals surface area contributed by atoms with Gasteiger partial charge in [-0.2, -0.15) is 0 Å². The number of unbranched alkanes of at least 4 members (excludes halogenated alkanes) is 1. The van der Waals surface area contributed by atoms with Gasteiger partial charge in [0, 0.05) is 45.8 Å². The van der Waals surface area contributed by atoms with Gasteiger partial charge in [-0.1, -0.05) is 13.3 Å². The normalized spacial score (nSPS) is 14.9. The molecule has 1 aromatic rings. The van der Waals surface area contributed by atoms with E-state index in [9.17, 15) is 0 Å². The molecule has 0 atom stereocenters. The molecule has 1 fully saturated rings. The Morgan fingerprint density at radius 2 is 1.62 bits per heavy atom. The molecular formula is C21H37IN4O3. The highest BCUT2D eigenvalue weighted by Gasteiger charge is 2.21. The number of nitrogens with one attached hydrogen (secondary N) is 1. The molecule has 8 heteroatoms. The third kappa shape index (κ3) is 7.40. The second kappa shape index (κ2) is 13.7. The number of methoxy groups -OCH3 is 3. The van der Waals surface area contributed by atoms with Gasteiger partial charge in [0.1, 0.15) is 0 Å². The lowest BCUT2D eigenvalue weighted by Gasteiger charge is -2.36. The summed E-state index contributed by atoms with van der Waals surface area (Å²) in [5, 5.41) is 3.43. The van der Waals surface area contributed by atoms with Crippen molar-refractivity contribution in [1.82, 2.24) is 15.1 Å². The van der Waals surface area contributed by atoms with Crippen molar-refractivity contribution >= 4 is 29.9 Å². The van der Waals surface area contributed by atoms with Gasteiger partial charge in [0.2, 0.25) is 5.75 Å². The van der Waals surface area contributed by atoms with Crippen LogP contribution in [-0.4, -0.2) is 76.4 Å². The number of nitrogens with zero attached hydrogens (tertiary/aromatic N) is 3. The SMILES string of the molecule is CCCCN=C(NCC)N1CCN(Cc2cc(OC)c(OC)c(OC)c2)CC1.I. The van der Waals surface area contributed by atoms with Crippen molar-refractivity contribution in [2.24, 2.45) is 4.99 Å². The molecule has 1 aromatic carbocycles. The Balaban J connectivity index is 0.00000420. The van der Waals surface area contributed by atoms with Gasteiger partial charge < -0.3 is 24.4 Å². The lowest BCUT2D eigenvalue weighted by Crippen LogP contribution is -2.52. The van der Waals surface area contributed by atoms with Gasteiger partial charge in [0.15, 0.2) is 17.5 Å². The summed E-state index contributed by atoms with van der Waals surface area (Å²) < 4.78 is 16.4. The first kappa shape index (κ1) is 25.6. The zero-order valence-electron chi connectivity index (χ0n) is 18.5. The number of piperazine rings is 1. The Labute approximate surface area is 192 Å². The molecule has 0 saturated carbocycles. The summed E-state index contributed by atoms with van der Waals surface area (Å²) in [5.74, 6) is 3.08. The summed E-state index contributed by atoms with van der Waals surface area (Å²) in [6.07, 6.45) is 2.31. The Hall–Kier alpha value is -1.42. The number of halogens is 1. The van der Waals surface area contributed by atoms with Crippen molar-refractivity contribution in [1.29, 1.82) is 0 Å². The molecule has 0 aromatic heterocycles. The van der Waals surface area contributed by atoms with Gasteiger partial charge in [-0.15, -0.1) is 24.0 Å². The summed E-state index contributed by atoms with van der Waals surface area (Å²) in [6, 6.07) is 4.06. The van der Waals surface area contributed by atoms with E-state index in [0.717, 1.165) is 63.8 Å². The number of guanidine groups is 1. The molecule has 0 spiro atoms. The van der Waals surface area contributed by atoms with Crippen LogP contribution in [0.5, 0.6) is 17.2 Å². The number of aliphatic imine (C=N–C) groups is 1. The van der Waals surface area contributed by atoms with Crippen LogP contribution in [0.3, 0.4) is 0 Å². The summed E-state index contributed by atoms with van der Waals surface area (Å²) in [7, 11) is 4.93. The van der Waals surface area contributed by atoms with Crippen molar-refractivity contribution in [3.8, 4) is 17.2 Å². The Kier molecular flexibility index (Phi) is 12.1. The Bertz CT molecular complexity index is 609. The zero-order chi connectivity index (χ0) is 20.4. The molecule has 1 heterocycles. The van der Waals surface area contributed by atoms with Crippen molar-refractivity contribution in [3.63, 3.8) is 0 Å². The Morgan fingerprint density at radius 3 is 2.10 bits per heavy atom. The second-order valence-corrected chi connectivity index (χ2v) is 6.89. The van der Waals surface area contributed by atoms with Gasteiger partial charge >= 0.3 is 0 Å². The highest BCUT2D eigenvalue weighted by Crippen LogP contribution is 2.38. The molecule has 1 aliphatic rings. The number of hydrogen-bond acceptors (Lipinski definition) is 5. The van der Waals surface area contributed by atoms with Crippen LogP contribution in [0, 0.1) is 0 Å². The van der Waals surface area contributed by atoms with Crippen LogP contribution in [0.25, 0.3) is 0 Å². The van der Waals surface area contributed by atoms with E-state index in [0.29, 0.717) is 17.2 Å². The molecular weight excluding hydrogens is 483 g/mol. The third-order valence-electron chi connectivity index (χ3n) is 4.91. The average molecular weight is 520 g/mol. The van der Waals surface area contributed by atoms with Gasteiger partial charge in [-0.3, -0.25) is 9.89 Å². The van der Waals surface area contributed by atoms with E-state index < -0.39 is 0 Å². The van der Waals surface area contributed by atoms with E-state index in [1.165, 1.54) is 6.42 Å². The van der Waals surface area contributed by atoms with Crippen LogP contribution in [0.4, 0.5) is 0 Å². The molecule has 2 rings (SSSR count). The smallest absolute Gasteiger partial charge is 0.203 e. The fourth-order valence-corrected chi connectivity index (χ4v) is 3.37. The largest absolute Gasteiger partial charge is 0.493 e. The van der Waals surface area contributed by atoms with Crippen molar-refractivity contribution in [2.75, 3.05) is 60.6 Å². The van der Waals surface area contributed by atoms with E-state index in [1.807, 2.05) is 12.1 Å². The quantitative estimate of drug-likeness (QED) is 0.234. The minimum Gasteiger partial charge on any atom is -0.493 e. The number of hydrogen-bond donors (Lipinski definition) is 1. The molecule has 29 heavy (non-hydrogen) atoms. The first-order chi connectivity index (χ1) is 13.7. The highest BCUT2D eigenvalue weighted by atomic mass is 127. The lowest BCUT2D eigenvalue weighted by atomic mass is 10.1. The molecule has 1 saturated heterocycles. The van der Waals surface area contributed by atoms with Crippen LogP contribution in [0.15, 0.2) is 17.1 Å². The number of benzene rings is 1. The first-order valence-electron chi connectivity index (χ1n) is 10.2. The fourth-order valence-electron chi connectivity index (χ4n) is 3.37. The summed E-state index contributed by atoms with van der Waals surface area (Å²) in [4.78, 5) is 9.58. The summed E-state index contributed by atoms with van der Waals surface area (Å²) >= 11 is 0. The van der Waals surface area contributed by atoms with Crippen LogP contribution in [-0.2, 0) is 6.54 Å². The molecule has 0 bridgehead atoms. The minimum absolute atomic E-state index is 0. The molecule has 0 unspecified atom stereocenters. The van der Waals surface area contributed by atoms with Gasteiger partial charge in [-0.05, 0) is 31.0 Å². The van der Waals surface area contributed by atoms with E-state index in [4.69, 9.17) is 19.2 Å². The minimum atomic E-state index is 0. The molecule has 1 aliphatic heterocycles. The molecule has 1 N–H and O–H groups in total. The summed E-state index contributed by atoms with van der Waals surface area (Å²) in [5.41, 5.74) is 1.16. The van der Waals surface area contributed by atoms with E-state index in [1.54, 1.807) is 21.3 Å². The van der Waals surface area contributed by atoms with Crippen molar-refractivity contribution < 1.29 is 14.2 Å². The van der Waals surface area contributed by atoms with Crippen LogP contribution in [0.1, 0.15) is 32.3 Å². The van der Waals surface area contributed by atoms with Crippen LogP contribution < -0.4 is 19.5 Å². The van der Waals surface area contributed by atoms with Crippen LogP contribution >= 0.6 is 24.0 Å². The second-order valence-electron chi connectivity index (χ2n) is 6.89. The van der Waals surface area contributed by atoms with Crippen LogP contribution in [0.2, 0.25) is 0 Å². The van der Waals surface area contributed by atoms with Crippen molar-refractivity contribution in [3.05, 3.63) is 17.7 Å². The third-order valence-corrected chi connectivity index (χ3v) is 4.91. The zero-order valence-corrected chi connectivity index (χ0v) is 20.8. The van der Waals surface area contributed by atoms with Gasteiger partial charge in [0.25, 0.3) is 0 Å². The monoisotopic (exact) mass is 520 g/mol. The van der Waals surface area contributed by atoms with E-state index >= 15 is 0 Å². The van der Waals surface area contributed by atoms with Crippen molar-refractivity contribution in [2.45, 2.75) is 33.2 Å². The van der Waals surface area contributed by atoms with Gasteiger partial charge in [-0.25, -0.2) is 0 Å². The Morgan fingerprint density at radius 1 is 1.00 bits per heavy atom. The maximum atomic E-state index is 5.47. The molecule has 0 aliphatic carbocycles. The highest BCUT2D eigenvalue weighted by molar-refractivity contribution is 14.0. The fraction of sp³-hybridized carbons (Fsp3) is 0.667. The summed E-state index contributed by atoms with van der Waals surface area (Å²) in [6.45, 7) is 10.9. The van der Waals surface area contributed by atoms with Gasteiger partial charge in [0.05, 0.1) is 21.3 Å². The molecule has 0 radical (unpaired) electrons. The maximum Gasteiger partial charge on any atom is 0.203 e. The molecule has 7 nitrogen and oxygen atoms in total. The molecule has 0 amide bonds.